The number of hydrogen-bond acceptors (Lipinski definition) is 7. The monoisotopic (exact) mass is 522 g/mol. The fraction of sp³-hybridized carbons (Fsp3) is 0.483. The van der Waals surface area contributed by atoms with E-state index in [0.29, 0.717) is 38.4 Å². The molecule has 0 unspecified atom stereocenters. The smallest absolute Gasteiger partial charge is 0.259 e. The van der Waals surface area contributed by atoms with Crippen molar-refractivity contribution in [3.05, 3.63) is 59.3 Å². The lowest BCUT2D eigenvalue weighted by molar-refractivity contribution is -0.133. The summed E-state index contributed by atoms with van der Waals surface area (Å²) in [6.45, 7) is 7.50. The van der Waals surface area contributed by atoms with E-state index in [1.165, 1.54) is 0 Å². The molecule has 0 radical (unpaired) electrons. The predicted molar refractivity (Wildman–Crippen MR) is 146 cm³/mol. The van der Waals surface area contributed by atoms with Crippen LogP contribution < -0.4 is 4.74 Å². The first-order chi connectivity index (χ1) is 18.4. The van der Waals surface area contributed by atoms with Crippen LogP contribution >= 0.6 is 0 Å². The maximum atomic E-state index is 13.6. The van der Waals surface area contributed by atoms with Gasteiger partial charge in [0.05, 0.1) is 39.0 Å². The highest BCUT2D eigenvalue weighted by Gasteiger charge is 2.34. The third kappa shape index (κ3) is 6.98. The van der Waals surface area contributed by atoms with Crippen molar-refractivity contribution in [3.8, 4) is 5.88 Å². The molecule has 3 heterocycles. The molecule has 1 N–H and O–H groups in total. The van der Waals surface area contributed by atoms with Crippen LogP contribution in [-0.2, 0) is 9.53 Å². The zero-order valence-corrected chi connectivity index (χ0v) is 22.5. The highest BCUT2D eigenvalue weighted by atomic mass is 16.5. The van der Waals surface area contributed by atoms with Gasteiger partial charge in [-0.25, -0.2) is 4.98 Å². The Bertz CT molecular complexity index is 1120. The number of fused-ring (bicyclic) bond motifs is 1. The molecular weight excluding hydrogens is 484 g/mol. The molecule has 0 bridgehead atoms. The minimum atomic E-state index is -0.382. The maximum Gasteiger partial charge on any atom is 0.259 e. The highest BCUT2D eigenvalue weighted by molar-refractivity contribution is 5.97. The second-order valence-corrected chi connectivity index (χ2v) is 10.2. The van der Waals surface area contributed by atoms with E-state index in [1.807, 2.05) is 56.3 Å². The lowest BCUT2D eigenvalue weighted by Gasteiger charge is -2.38. The van der Waals surface area contributed by atoms with E-state index in [2.05, 4.69) is 9.88 Å². The first kappa shape index (κ1) is 27.8. The van der Waals surface area contributed by atoms with Gasteiger partial charge in [-0.05, 0) is 24.1 Å². The number of aliphatic hydroxyl groups excluding tert-OH is 1. The topological polar surface area (TPSA) is 95.4 Å². The van der Waals surface area contributed by atoms with Crippen molar-refractivity contribution in [2.75, 3.05) is 59.6 Å². The largest absolute Gasteiger partial charge is 0.472 e. The number of nitrogens with zero attached hydrogens (tertiary/aromatic N) is 4. The van der Waals surface area contributed by atoms with Crippen molar-refractivity contribution in [2.45, 2.75) is 26.0 Å². The van der Waals surface area contributed by atoms with Crippen molar-refractivity contribution in [2.24, 2.45) is 5.92 Å². The fourth-order valence-corrected chi connectivity index (χ4v) is 4.63. The standard InChI is InChI=1S/C29H38N4O5/c1-21-17-33(22(2)20-34)29(36)25-15-24(10-9-23-7-5-4-6-8-23)16-30-28(25)38-26(21)18-31(3)27(35)19-32-11-13-37-14-12-32/h4-10,15-16,21-22,26,34H,11-14,17-20H2,1-3H3/t21-,22+,26-/m0/s1. The Hall–Kier alpha value is -3.27. The second-order valence-electron chi connectivity index (χ2n) is 10.2. The molecule has 1 aromatic carbocycles. The van der Waals surface area contributed by atoms with E-state index in [1.54, 1.807) is 29.1 Å². The SMILES string of the molecule is C[C@H](CO)N1C[C@H](C)[C@H](CN(C)C(=O)CN2CCOCC2)Oc2ncc(C=Cc3ccccc3)cc2C1=O. The Labute approximate surface area is 224 Å². The molecule has 2 aliphatic heterocycles. The number of ether oxygens (including phenoxy) is 2. The molecule has 0 spiro atoms. The Kier molecular flexibility index (Phi) is 9.49. The normalized spacial score (nSPS) is 21.4. The summed E-state index contributed by atoms with van der Waals surface area (Å²) in [6, 6.07) is 11.3. The lowest BCUT2D eigenvalue weighted by Crippen LogP contribution is -2.51. The number of benzene rings is 1. The molecule has 3 atom stereocenters. The summed E-state index contributed by atoms with van der Waals surface area (Å²) in [5.74, 6) is -0.0752. The van der Waals surface area contributed by atoms with Crippen LogP contribution in [0, 0.1) is 5.92 Å². The molecule has 2 amide bonds. The van der Waals surface area contributed by atoms with E-state index in [-0.39, 0.29) is 42.4 Å². The van der Waals surface area contributed by atoms with Crippen molar-refractivity contribution in [3.63, 3.8) is 0 Å². The van der Waals surface area contributed by atoms with Crippen LogP contribution in [0.4, 0.5) is 0 Å². The second kappa shape index (κ2) is 13.0. The van der Waals surface area contributed by atoms with Crippen molar-refractivity contribution >= 4 is 24.0 Å². The van der Waals surface area contributed by atoms with Gasteiger partial charge in [-0.2, -0.15) is 0 Å². The Morgan fingerprint density at radius 2 is 1.92 bits per heavy atom. The number of likely N-dealkylation sites (N-methyl/N-ethyl adjacent to an activating group) is 1. The summed E-state index contributed by atoms with van der Waals surface area (Å²) in [6.07, 6.45) is 5.17. The quantitative estimate of drug-likeness (QED) is 0.568. The van der Waals surface area contributed by atoms with Gasteiger partial charge in [-0.3, -0.25) is 14.5 Å². The van der Waals surface area contributed by atoms with Gasteiger partial charge in [0.15, 0.2) is 0 Å². The molecule has 1 aromatic heterocycles. The molecule has 0 saturated carbocycles. The molecule has 9 heteroatoms. The van der Waals surface area contributed by atoms with Crippen LogP contribution in [0.5, 0.6) is 5.88 Å². The van der Waals surface area contributed by atoms with E-state index < -0.39 is 0 Å². The molecule has 4 rings (SSSR count). The molecule has 38 heavy (non-hydrogen) atoms. The Morgan fingerprint density at radius 1 is 1.21 bits per heavy atom. The maximum absolute atomic E-state index is 13.6. The summed E-state index contributed by atoms with van der Waals surface area (Å²) in [4.78, 5) is 36.6. The summed E-state index contributed by atoms with van der Waals surface area (Å²) < 4.78 is 11.7. The third-order valence-corrected chi connectivity index (χ3v) is 7.15. The van der Waals surface area contributed by atoms with Gasteiger partial charge in [0.25, 0.3) is 5.91 Å². The van der Waals surface area contributed by atoms with E-state index in [9.17, 15) is 14.7 Å². The molecular formula is C29H38N4O5. The number of carbonyl (C=O) groups excluding carboxylic acids is 2. The van der Waals surface area contributed by atoms with Gasteiger partial charge in [0.1, 0.15) is 11.7 Å². The lowest BCUT2D eigenvalue weighted by atomic mass is 9.99. The highest BCUT2D eigenvalue weighted by Crippen LogP contribution is 2.28. The van der Waals surface area contributed by atoms with Crippen LogP contribution in [-0.4, -0.2) is 108 Å². The van der Waals surface area contributed by atoms with Gasteiger partial charge in [-0.1, -0.05) is 49.4 Å². The number of rotatable bonds is 8. The van der Waals surface area contributed by atoms with Crippen LogP contribution in [0.2, 0.25) is 0 Å². The average molecular weight is 523 g/mol. The molecule has 1 saturated heterocycles. The van der Waals surface area contributed by atoms with Gasteiger partial charge < -0.3 is 24.4 Å². The van der Waals surface area contributed by atoms with Crippen LogP contribution in [0.15, 0.2) is 42.6 Å². The summed E-state index contributed by atoms with van der Waals surface area (Å²) >= 11 is 0. The fourth-order valence-electron chi connectivity index (χ4n) is 4.63. The predicted octanol–water partition coefficient (Wildman–Crippen LogP) is 2.26. The van der Waals surface area contributed by atoms with E-state index in [0.717, 1.165) is 24.2 Å². The number of carbonyl (C=O) groups is 2. The zero-order chi connectivity index (χ0) is 27.1. The number of aliphatic hydroxyl groups is 1. The van der Waals surface area contributed by atoms with Gasteiger partial charge in [0, 0.05) is 38.8 Å². The molecule has 0 aliphatic carbocycles. The number of pyridine rings is 1. The Morgan fingerprint density at radius 3 is 2.63 bits per heavy atom. The minimum absolute atomic E-state index is 0.0102. The van der Waals surface area contributed by atoms with E-state index >= 15 is 0 Å². The van der Waals surface area contributed by atoms with Gasteiger partial charge in [-0.15, -0.1) is 0 Å². The van der Waals surface area contributed by atoms with E-state index in [4.69, 9.17) is 9.47 Å². The third-order valence-electron chi connectivity index (χ3n) is 7.15. The number of aromatic nitrogens is 1. The van der Waals surface area contributed by atoms with Gasteiger partial charge >= 0.3 is 0 Å². The molecule has 204 valence electrons. The molecule has 1 fully saturated rings. The summed E-state index contributed by atoms with van der Waals surface area (Å²) in [5, 5.41) is 9.89. The first-order valence-electron chi connectivity index (χ1n) is 13.2. The van der Waals surface area contributed by atoms with Crippen molar-refractivity contribution in [1.29, 1.82) is 0 Å². The summed E-state index contributed by atoms with van der Waals surface area (Å²) in [5.41, 5.74) is 2.15. The molecule has 2 aromatic rings. The van der Waals surface area contributed by atoms with Crippen LogP contribution in [0.3, 0.4) is 0 Å². The van der Waals surface area contributed by atoms with Crippen LogP contribution in [0.25, 0.3) is 12.2 Å². The van der Waals surface area contributed by atoms with Gasteiger partial charge in [0.2, 0.25) is 11.8 Å². The summed E-state index contributed by atoms with van der Waals surface area (Å²) in [7, 11) is 1.78. The van der Waals surface area contributed by atoms with Crippen molar-refractivity contribution in [1.82, 2.24) is 19.7 Å². The number of hydrogen-bond donors (Lipinski definition) is 1. The zero-order valence-electron chi connectivity index (χ0n) is 22.5. The average Bonchev–Trinajstić information content (AvgIpc) is 2.94. The first-order valence-corrected chi connectivity index (χ1v) is 13.2. The molecule has 2 aliphatic rings. The molecule has 9 nitrogen and oxygen atoms in total. The van der Waals surface area contributed by atoms with Crippen LogP contribution in [0.1, 0.15) is 35.3 Å². The Balaban J connectivity index is 1.56. The number of morpholine rings is 1. The minimum Gasteiger partial charge on any atom is -0.472 e. The van der Waals surface area contributed by atoms with Crippen molar-refractivity contribution < 1.29 is 24.2 Å². The number of amides is 2.